The zero-order chi connectivity index (χ0) is 14.6. The van der Waals surface area contributed by atoms with Crippen molar-refractivity contribution < 1.29 is 19.3 Å². The first-order valence-electron chi connectivity index (χ1n) is 6.83. The number of aromatic hydroxyl groups is 1. The standard InChI is InChI=1S/C15H23NO4/c1-11(12-4-5-13(17)14(8-12)18-2)16-9-15(19-3)6-7-20-10-15/h4-5,8,11,16-17H,6-7,9-10H2,1-3H3. The van der Waals surface area contributed by atoms with E-state index in [4.69, 9.17) is 14.2 Å². The third-order valence-corrected chi connectivity index (χ3v) is 3.93. The van der Waals surface area contributed by atoms with Crippen LogP contribution in [0.4, 0.5) is 0 Å². The Kier molecular flexibility index (Phi) is 4.86. The number of benzene rings is 1. The summed E-state index contributed by atoms with van der Waals surface area (Å²) in [5, 5.41) is 13.1. The van der Waals surface area contributed by atoms with Crippen molar-refractivity contribution in [3.05, 3.63) is 23.8 Å². The van der Waals surface area contributed by atoms with Gasteiger partial charge in [-0.1, -0.05) is 6.07 Å². The molecule has 0 aromatic heterocycles. The molecule has 5 heteroatoms. The van der Waals surface area contributed by atoms with Crippen LogP contribution in [0.1, 0.15) is 24.9 Å². The van der Waals surface area contributed by atoms with Crippen LogP contribution in [-0.4, -0.2) is 44.7 Å². The number of ether oxygens (including phenoxy) is 3. The molecule has 0 amide bonds. The molecular formula is C15H23NO4. The second-order valence-corrected chi connectivity index (χ2v) is 5.22. The van der Waals surface area contributed by atoms with Crippen LogP contribution in [0.3, 0.4) is 0 Å². The maximum absolute atomic E-state index is 9.62. The van der Waals surface area contributed by atoms with Gasteiger partial charge < -0.3 is 24.6 Å². The Morgan fingerprint density at radius 3 is 2.85 bits per heavy atom. The van der Waals surface area contributed by atoms with E-state index in [1.54, 1.807) is 20.3 Å². The average molecular weight is 281 g/mol. The molecule has 1 aliphatic rings. The topological polar surface area (TPSA) is 60.0 Å². The fourth-order valence-electron chi connectivity index (χ4n) is 2.38. The molecule has 1 fully saturated rings. The smallest absolute Gasteiger partial charge is 0.160 e. The molecule has 2 atom stereocenters. The van der Waals surface area contributed by atoms with E-state index in [1.165, 1.54) is 0 Å². The molecule has 1 heterocycles. The Bertz CT molecular complexity index is 443. The Morgan fingerprint density at radius 1 is 1.45 bits per heavy atom. The molecule has 0 bridgehead atoms. The predicted octanol–water partition coefficient (Wildman–Crippen LogP) is 1.86. The summed E-state index contributed by atoms with van der Waals surface area (Å²) in [4.78, 5) is 0. The number of hydrogen-bond acceptors (Lipinski definition) is 5. The molecule has 0 radical (unpaired) electrons. The summed E-state index contributed by atoms with van der Waals surface area (Å²) in [6.07, 6.45) is 0.905. The maximum atomic E-state index is 9.62. The van der Waals surface area contributed by atoms with Gasteiger partial charge in [0.1, 0.15) is 5.60 Å². The van der Waals surface area contributed by atoms with Gasteiger partial charge in [-0.3, -0.25) is 0 Å². The van der Waals surface area contributed by atoms with Crippen LogP contribution in [0, 0.1) is 0 Å². The Hall–Kier alpha value is -1.30. The molecule has 0 spiro atoms. The lowest BCUT2D eigenvalue weighted by atomic mass is 10.0. The summed E-state index contributed by atoms with van der Waals surface area (Å²) in [5.41, 5.74) is 0.833. The second kappa shape index (κ2) is 6.43. The SMILES string of the molecule is COc1cc(C(C)NCC2(OC)CCOC2)ccc1O. The zero-order valence-electron chi connectivity index (χ0n) is 12.3. The van der Waals surface area contributed by atoms with Crippen LogP contribution >= 0.6 is 0 Å². The minimum Gasteiger partial charge on any atom is -0.504 e. The highest BCUT2D eigenvalue weighted by Crippen LogP contribution is 2.29. The molecule has 2 N–H and O–H groups in total. The van der Waals surface area contributed by atoms with Crippen molar-refractivity contribution in [3.8, 4) is 11.5 Å². The molecule has 0 saturated carbocycles. The number of phenols is 1. The number of hydrogen-bond donors (Lipinski definition) is 2. The first kappa shape index (κ1) is 15.1. The van der Waals surface area contributed by atoms with Crippen molar-refractivity contribution in [1.82, 2.24) is 5.32 Å². The van der Waals surface area contributed by atoms with Crippen LogP contribution in [-0.2, 0) is 9.47 Å². The van der Waals surface area contributed by atoms with Crippen molar-refractivity contribution in [2.45, 2.75) is 25.0 Å². The molecule has 112 valence electrons. The summed E-state index contributed by atoms with van der Waals surface area (Å²) >= 11 is 0. The quantitative estimate of drug-likeness (QED) is 0.833. The number of nitrogens with one attached hydrogen (secondary N) is 1. The van der Waals surface area contributed by atoms with Crippen LogP contribution < -0.4 is 10.1 Å². The highest BCUT2D eigenvalue weighted by atomic mass is 16.5. The first-order chi connectivity index (χ1) is 9.60. The van der Waals surface area contributed by atoms with Gasteiger partial charge in [0.15, 0.2) is 11.5 Å². The van der Waals surface area contributed by atoms with Gasteiger partial charge in [0.05, 0.1) is 13.7 Å². The van der Waals surface area contributed by atoms with E-state index in [2.05, 4.69) is 12.2 Å². The molecule has 2 rings (SSSR count). The van der Waals surface area contributed by atoms with E-state index in [9.17, 15) is 5.11 Å². The van der Waals surface area contributed by atoms with Gasteiger partial charge in [0, 0.05) is 32.7 Å². The molecule has 1 aliphatic heterocycles. The van der Waals surface area contributed by atoms with E-state index in [0.29, 0.717) is 12.4 Å². The number of rotatable bonds is 6. The highest BCUT2D eigenvalue weighted by molar-refractivity contribution is 5.42. The van der Waals surface area contributed by atoms with E-state index in [-0.39, 0.29) is 17.4 Å². The average Bonchev–Trinajstić information content (AvgIpc) is 2.95. The van der Waals surface area contributed by atoms with Crippen molar-refractivity contribution >= 4 is 0 Å². The van der Waals surface area contributed by atoms with Gasteiger partial charge in [0.2, 0.25) is 0 Å². The molecule has 2 unspecified atom stereocenters. The van der Waals surface area contributed by atoms with Gasteiger partial charge in [-0.15, -0.1) is 0 Å². The third-order valence-electron chi connectivity index (χ3n) is 3.93. The highest BCUT2D eigenvalue weighted by Gasteiger charge is 2.34. The molecule has 5 nitrogen and oxygen atoms in total. The van der Waals surface area contributed by atoms with Gasteiger partial charge in [-0.05, 0) is 24.6 Å². The molecule has 1 saturated heterocycles. The maximum Gasteiger partial charge on any atom is 0.160 e. The summed E-state index contributed by atoms with van der Waals surface area (Å²) < 4.78 is 16.2. The fraction of sp³-hybridized carbons (Fsp3) is 0.600. The molecule has 1 aromatic rings. The Balaban J connectivity index is 1.99. The molecule has 1 aromatic carbocycles. The lowest BCUT2D eigenvalue weighted by Crippen LogP contribution is -2.43. The first-order valence-corrected chi connectivity index (χ1v) is 6.83. The number of methoxy groups -OCH3 is 2. The van der Waals surface area contributed by atoms with E-state index >= 15 is 0 Å². The minimum absolute atomic E-state index is 0.136. The summed E-state index contributed by atoms with van der Waals surface area (Å²) in [6, 6.07) is 5.52. The Morgan fingerprint density at radius 2 is 2.25 bits per heavy atom. The molecule has 0 aliphatic carbocycles. The van der Waals surface area contributed by atoms with Crippen LogP contribution in [0.2, 0.25) is 0 Å². The van der Waals surface area contributed by atoms with E-state index < -0.39 is 0 Å². The monoisotopic (exact) mass is 281 g/mol. The van der Waals surface area contributed by atoms with E-state index in [1.807, 2.05) is 12.1 Å². The fourth-order valence-corrected chi connectivity index (χ4v) is 2.38. The van der Waals surface area contributed by atoms with Crippen molar-refractivity contribution in [1.29, 1.82) is 0 Å². The van der Waals surface area contributed by atoms with Gasteiger partial charge in [-0.2, -0.15) is 0 Å². The summed E-state index contributed by atoms with van der Waals surface area (Å²) in [7, 11) is 3.28. The van der Waals surface area contributed by atoms with Crippen LogP contribution in [0.15, 0.2) is 18.2 Å². The van der Waals surface area contributed by atoms with E-state index in [0.717, 1.165) is 25.1 Å². The second-order valence-electron chi connectivity index (χ2n) is 5.22. The predicted molar refractivity (Wildman–Crippen MR) is 76.3 cm³/mol. The van der Waals surface area contributed by atoms with Crippen molar-refractivity contribution in [2.24, 2.45) is 0 Å². The zero-order valence-corrected chi connectivity index (χ0v) is 12.3. The summed E-state index contributed by atoms with van der Waals surface area (Å²) in [6.45, 7) is 4.18. The lowest BCUT2D eigenvalue weighted by molar-refractivity contribution is -0.0172. The minimum atomic E-state index is -0.227. The van der Waals surface area contributed by atoms with Gasteiger partial charge in [-0.25, -0.2) is 0 Å². The molecular weight excluding hydrogens is 258 g/mol. The third kappa shape index (κ3) is 3.23. The van der Waals surface area contributed by atoms with Gasteiger partial charge >= 0.3 is 0 Å². The molecule has 20 heavy (non-hydrogen) atoms. The normalized spacial score (nSPS) is 23.8. The largest absolute Gasteiger partial charge is 0.504 e. The Labute approximate surface area is 119 Å². The van der Waals surface area contributed by atoms with Crippen LogP contribution in [0.25, 0.3) is 0 Å². The van der Waals surface area contributed by atoms with Gasteiger partial charge in [0.25, 0.3) is 0 Å². The van der Waals surface area contributed by atoms with Crippen molar-refractivity contribution in [2.75, 3.05) is 34.0 Å². The lowest BCUT2D eigenvalue weighted by Gasteiger charge is -2.28. The number of phenolic OH excluding ortho intramolecular Hbond substituents is 1. The van der Waals surface area contributed by atoms with Crippen LogP contribution in [0.5, 0.6) is 11.5 Å². The summed E-state index contributed by atoms with van der Waals surface area (Å²) in [5.74, 6) is 0.641. The van der Waals surface area contributed by atoms with Crippen molar-refractivity contribution in [3.63, 3.8) is 0 Å².